The Kier molecular flexibility index (Phi) is 25.2. The van der Waals surface area contributed by atoms with Crippen molar-refractivity contribution < 1.29 is 36.1 Å². The van der Waals surface area contributed by atoms with Crippen LogP contribution in [-0.2, 0) is 0 Å². The van der Waals surface area contributed by atoms with Gasteiger partial charge in [-0.25, -0.2) is 0 Å². The van der Waals surface area contributed by atoms with E-state index in [4.69, 9.17) is 0 Å². The maximum Gasteiger partial charge on any atom is 1.00 e. The molecule has 0 bridgehead atoms. The predicted molar refractivity (Wildman–Crippen MR) is 96.9 cm³/mol. The number of aliphatic hydroxyl groups excluding tert-OH is 1. The predicted octanol–water partition coefficient (Wildman–Crippen LogP) is 3.99. The van der Waals surface area contributed by atoms with Crippen LogP contribution in [0.25, 0.3) is 0 Å². The van der Waals surface area contributed by atoms with E-state index in [1.807, 2.05) is 0 Å². The molecule has 1 atom stereocenters. The zero-order valence-electron chi connectivity index (χ0n) is 17.0. The van der Waals surface area contributed by atoms with Crippen molar-refractivity contribution in [3.05, 3.63) is 0 Å². The van der Waals surface area contributed by atoms with E-state index in [0.29, 0.717) is 12.5 Å². The maximum atomic E-state index is 9.47. The minimum absolute atomic E-state index is 0. The van der Waals surface area contributed by atoms with Crippen molar-refractivity contribution in [2.45, 2.75) is 117 Å². The van der Waals surface area contributed by atoms with Crippen LogP contribution in [-0.4, -0.2) is 11.7 Å². The van der Waals surface area contributed by atoms with Crippen LogP contribution in [0.1, 0.15) is 118 Å². The molecule has 0 aromatic heterocycles. The third kappa shape index (κ3) is 19.0. The average Bonchev–Trinajstić information content (AvgIpc) is 2.51. The van der Waals surface area contributed by atoms with Gasteiger partial charge in [0.2, 0.25) is 0 Å². The van der Waals surface area contributed by atoms with Crippen LogP contribution < -0.4 is 29.6 Å². The van der Waals surface area contributed by atoms with Crippen molar-refractivity contribution in [3.8, 4) is 0 Å². The topological polar surface area (TPSA) is 20.2 Å². The van der Waals surface area contributed by atoms with Crippen LogP contribution in [0.5, 0.6) is 0 Å². The monoisotopic (exact) mass is 322 g/mol. The van der Waals surface area contributed by atoms with Crippen molar-refractivity contribution in [2.75, 3.05) is 6.61 Å². The zero-order chi connectivity index (χ0) is 15.6. The molecule has 0 heterocycles. The van der Waals surface area contributed by atoms with Crippen LogP contribution in [0.15, 0.2) is 0 Å². The van der Waals surface area contributed by atoms with Gasteiger partial charge < -0.3 is 6.53 Å². The normalized spacial score (nSPS) is 12.1. The van der Waals surface area contributed by atoms with Crippen LogP contribution in [0, 0.1) is 5.92 Å². The van der Waals surface area contributed by atoms with Crippen molar-refractivity contribution in [1.29, 1.82) is 0 Å². The summed E-state index contributed by atoms with van der Waals surface area (Å²) in [5, 5.41) is 9.47. The van der Waals surface area contributed by atoms with Gasteiger partial charge >= 0.3 is 29.6 Å². The first kappa shape index (κ1) is 25.2. The van der Waals surface area contributed by atoms with E-state index in [1.165, 1.54) is 103 Å². The summed E-state index contributed by atoms with van der Waals surface area (Å²) >= 11 is 0. The minimum Gasteiger partial charge on any atom is -1.00 e. The Morgan fingerprint density at radius 2 is 0.909 bits per heavy atom. The quantitative estimate of drug-likeness (QED) is 0.317. The van der Waals surface area contributed by atoms with Gasteiger partial charge in [0.05, 0.1) is 0 Å². The van der Waals surface area contributed by atoms with E-state index >= 15 is 0 Å². The van der Waals surface area contributed by atoms with E-state index in [2.05, 4.69) is 13.8 Å². The molecule has 0 saturated carbocycles. The molecule has 0 aliphatic carbocycles. The molecule has 2 heteroatoms. The molecule has 0 aromatic carbocycles. The number of aliphatic hydroxyl groups is 1. The molecule has 0 aliphatic heterocycles. The summed E-state index contributed by atoms with van der Waals surface area (Å²) in [6, 6.07) is 0. The molecule has 0 fully saturated rings. The first-order valence-corrected chi connectivity index (χ1v) is 9.96. The fourth-order valence-electron chi connectivity index (χ4n) is 3.11. The minimum atomic E-state index is 0. The summed E-state index contributed by atoms with van der Waals surface area (Å²) in [6.45, 7) is 4.95. The molecule has 130 valence electrons. The van der Waals surface area contributed by atoms with Gasteiger partial charge in [0, 0.05) is 6.61 Å². The van der Waals surface area contributed by atoms with Crippen LogP contribution in [0.3, 0.4) is 0 Å². The molecule has 22 heavy (non-hydrogen) atoms. The summed E-state index contributed by atoms with van der Waals surface area (Å²) in [4.78, 5) is 0. The Labute approximate surface area is 164 Å². The smallest absolute Gasteiger partial charge is 1.00 e. The van der Waals surface area contributed by atoms with Gasteiger partial charge in [-0.2, -0.15) is 0 Å². The van der Waals surface area contributed by atoms with Gasteiger partial charge in [0.15, 0.2) is 0 Å². The van der Waals surface area contributed by atoms with Crippen molar-refractivity contribution in [3.63, 3.8) is 0 Å². The molecule has 1 N–H and O–H groups in total. The summed E-state index contributed by atoms with van der Waals surface area (Å²) in [5.41, 5.74) is 0. The fourth-order valence-corrected chi connectivity index (χ4v) is 3.11. The molecule has 0 aromatic rings. The number of hydrogen-bond donors (Lipinski definition) is 1. The Balaban J connectivity index is -0.00000200. The third-order valence-corrected chi connectivity index (χ3v) is 4.69. The van der Waals surface area contributed by atoms with Gasteiger partial charge in [0.1, 0.15) is 0 Å². The Morgan fingerprint density at radius 1 is 0.591 bits per heavy atom. The van der Waals surface area contributed by atoms with Crippen molar-refractivity contribution >= 4 is 0 Å². The summed E-state index contributed by atoms with van der Waals surface area (Å²) in [6.07, 6.45) is 21.8. The van der Waals surface area contributed by atoms with Gasteiger partial charge in [-0.1, -0.05) is 104 Å². The van der Waals surface area contributed by atoms with E-state index in [9.17, 15) is 5.11 Å². The number of rotatable bonds is 17. The molecule has 0 rings (SSSR count). The SMILES string of the molecule is CCCCCCCCCCC(CO)CCCCCCCC.[H-].[Na+]. The molecule has 0 aliphatic rings. The molecular formula is C20H43NaO. The van der Waals surface area contributed by atoms with Crippen LogP contribution >= 0.6 is 0 Å². The number of unbranched alkanes of at least 4 members (excludes halogenated alkanes) is 12. The Bertz CT molecular complexity index is 190. The van der Waals surface area contributed by atoms with Crippen LogP contribution in [0.4, 0.5) is 0 Å². The molecule has 1 unspecified atom stereocenters. The molecule has 0 amide bonds. The fraction of sp³-hybridized carbons (Fsp3) is 1.00. The van der Waals surface area contributed by atoms with E-state index < -0.39 is 0 Å². The second-order valence-corrected chi connectivity index (χ2v) is 6.87. The van der Waals surface area contributed by atoms with Crippen molar-refractivity contribution in [2.24, 2.45) is 5.92 Å². The summed E-state index contributed by atoms with van der Waals surface area (Å²) in [7, 11) is 0. The molecule has 1 nitrogen and oxygen atoms in total. The van der Waals surface area contributed by atoms with E-state index in [0.717, 1.165) is 0 Å². The van der Waals surface area contributed by atoms with Gasteiger partial charge in [-0.15, -0.1) is 0 Å². The van der Waals surface area contributed by atoms with Gasteiger partial charge in [-0.3, -0.25) is 0 Å². The number of hydrogen-bond acceptors (Lipinski definition) is 1. The summed E-state index contributed by atoms with van der Waals surface area (Å²) in [5.74, 6) is 0.580. The summed E-state index contributed by atoms with van der Waals surface area (Å²) < 4.78 is 0. The first-order valence-electron chi connectivity index (χ1n) is 9.96. The first-order chi connectivity index (χ1) is 10.3. The van der Waals surface area contributed by atoms with E-state index in [1.54, 1.807) is 0 Å². The zero-order valence-corrected chi connectivity index (χ0v) is 18.0. The standard InChI is InChI=1S/C20H42O.Na.H/c1-3-5-7-9-11-12-14-16-18-20(19-21)17-15-13-10-8-6-4-2;;/h20-21H,3-19H2,1-2H3;;/q;+1;-1. The Hall–Kier alpha value is 0.960. The second-order valence-electron chi connectivity index (χ2n) is 6.87. The second kappa shape index (κ2) is 22.0. The average molecular weight is 323 g/mol. The van der Waals surface area contributed by atoms with Gasteiger partial charge in [-0.05, 0) is 18.8 Å². The molecular weight excluding hydrogens is 279 g/mol. The molecule has 0 spiro atoms. The maximum absolute atomic E-state index is 9.47. The Morgan fingerprint density at radius 3 is 1.23 bits per heavy atom. The molecule has 0 saturated heterocycles. The third-order valence-electron chi connectivity index (χ3n) is 4.69. The van der Waals surface area contributed by atoms with Crippen LogP contribution in [0.2, 0.25) is 0 Å². The molecule has 0 radical (unpaired) electrons. The van der Waals surface area contributed by atoms with Gasteiger partial charge in [0.25, 0.3) is 0 Å². The van der Waals surface area contributed by atoms with E-state index in [-0.39, 0.29) is 31.0 Å². The van der Waals surface area contributed by atoms with Crippen molar-refractivity contribution in [1.82, 2.24) is 0 Å². The largest absolute Gasteiger partial charge is 1.00 e.